The van der Waals surface area contributed by atoms with Crippen molar-refractivity contribution in [2.75, 3.05) is 18.1 Å². The second-order valence-corrected chi connectivity index (χ2v) is 8.60. The molecule has 1 aromatic carbocycles. The first-order valence-corrected chi connectivity index (χ1v) is 11.4. The summed E-state index contributed by atoms with van der Waals surface area (Å²) in [7, 11) is 0. The molecule has 0 aliphatic heterocycles. The predicted octanol–water partition coefficient (Wildman–Crippen LogP) is 4.43. The van der Waals surface area contributed by atoms with Crippen molar-refractivity contribution in [2.24, 2.45) is 0 Å². The topological polar surface area (TPSA) is 70.7 Å². The minimum absolute atomic E-state index is 0.00480. The molecule has 5 nitrogen and oxygen atoms in total. The highest BCUT2D eigenvalue weighted by atomic mass is 32.2. The molecule has 0 bridgehead atoms. The Balaban J connectivity index is 1.30. The van der Waals surface area contributed by atoms with Crippen LogP contribution < -0.4 is 5.32 Å². The minimum atomic E-state index is 0.00480. The Labute approximate surface area is 171 Å². The van der Waals surface area contributed by atoms with Gasteiger partial charge in [0.25, 0.3) is 0 Å². The van der Waals surface area contributed by atoms with E-state index >= 15 is 0 Å². The van der Waals surface area contributed by atoms with Gasteiger partial charge in [0.2, 0.25) is 11.1 Å². The number of amides is 1. The van der Waals surface area contributed by atoms with Crippen molar-refractivity contribution >= 4 is 52.9 Å². The number of thiophene rings is 1. The average Bonchev–Trinajstić information content (AvgIpc) is 3.37. The van der Waals surface area contributed by atoms with Gasteiger partial charge in [-0.1, -0.05) is 36.0 Å². The van der Waals surface area contributed by atoms with Gasteiger partial charge in [-0.15, -0.1) is 28.2 Å². The summed E-state index contributed by atoms with van der Waals surface area (Å²) in [5.41, 5.74) is 0. The largest absolute Gasteiger partial charge is 0.355 e. The molecule has 0 unspecified atom stereocenters. The highest BCUT2D eigenvalue weighted by molar-refractivity contribution is 7.99. The lowest BCUT2D eigenvalue weighted by molar-refractivity contribution is -0.118. The highest BCUT2D eigenvalue weighted by Crippen LogP contribution is 2.17. The van der Waals surface area contributed by atoms with Gasteiger partial charge < -0.3 is 5.32 Å². The van der Waals surface area contributed by atoms with E-state index in [-0.39, 0.29) is 5.91 Å². The van der Waals surface area contributed by atoms with Crippen LogP contribution in [-0.2, 0) is 4.79 Å². The molecule has 2 N–H and O–H groups in total. The average molecular weight is 417 g/mol. The van der Waals surface area contributed by atoms with Crippen LogP contribution in [0.15, 0.2) is 57.9 Å². The standard InChI is InChI=1S/C19H20N4OS3/c24-18(20-11-5-13-26-15-6-2-1-3-7-15)14-27-19-21-17(22-23-19)10-9-16-8-4-12-25-16/h1-4,6-10,12H,5,11,13-14H2,(H,20,24)(H,21,22,23)/b10-9+. The van der Waals surface area contributed by atoms with Gasteiger partial charge in [0.05, 0.1) is 5.75 Å². The fourth-order valence-electron chi connectivity index (χ4n) is 2.13. The lowest BCUT2D eigenvalue weighted by Gasteiger charge is -2.04. The summed E-state index contributed by atoms with van der Waals surface area (Å²) < 4.78 is 0. The van der Waals surface area contributed by atoms with Crippen molar-refractivity contribution in [1.82, 2.24) is 20.5 Å². The number of nitrogens with one attached hydrogen (secondary N) is 2. The fraction of sp³-hybridized carbons (Fsp3) is 0.211. The van der Waals surface area contributed by atoms with Crippen molar-refractivity contribution in [3.8, 4) is 0 Å². The molecule has 0 spiro atoms. The number of thioether (sulfide) groups is 2. The lowest BCUT2D eigenvalue weighted by atomic mass is 10.4. The van der Waals surface area contributed by atoms with Gasteiger partial charge in [-0.25, -0.2) is 4.98 Å². The molecule has 0 saturated carbocycles. The van der Waals surface area contributed by atoms with Gasteiger partial charge in [-0.2, -0.15) is 0 Å². The number of H-pyrrole nitrogens is 1. The van der Waals surface area contributed by atoms with Gasteiger partial charge >= 0.3 is 0 Å². The van der Waals surface area contributed by atoms with Gasteiger partial charge in [0.15, 0.2) is 0 Å². The van der Waals surface area contributed by atoms with E-state index in [1.807, 2.05) is 47.9 Å². The number of benzene rings is 1. The van der Waals surface area contributed by atoms with Crippen LogP contribution >= 0.6 is 34.9 Å². The number of aromatic nitrogens is 3. The molecule has 3 aromatic rings. The third-order valence-electron chi connectivity index (χ3n) is 3.42. The smallest absolute Gasteiger partial charge is 0.230 e. The van der Waals surface area contributed by atoms with Gasteiger partial charge in [-0.3, -0.25) is 9.89 Å². The zero-order chi connectivity index (χ0) is 18.7. The van der Waals surface area contributed by atoms with Gasteiger partial charge in [-0.05, 0) is 47.9 Å². The van der Waals surface area contributed by atoms with Crippen molar-refractivity contribution in [3.63, 3.8) is 0 Å². The molecule has 0 saturated heterocycles. The van der Waals surface area contributed by atoms with Crippen LogP contribution in [0.25, 0.3) is 12.2 Å². The summed E-state index contributed by atoms with van der Waals surface area (Å²) in [5.74, 6) is 1.99. The Hall–Kier alpha value is -2.03. The Kier molecular flexibility index (Phi) is 8.01. The second kappa shape index (κ2) is 11.0. The van der Waals surface area contributed by atoms with E-state index in [4.69, 9.17) is 0 Å². The summed E-state index contributed by atoms with van der Waals surface area (Å²) in [5, 5.41) is 12.5. The summed E-state index contributed by atoms with van der Waals surface area (Å²) in [4.78, 5) is 18.7. The molecule has 27 heavy (non-hydrogen) atoms. The van der Waals surface area contributed by atoms with Crippen molar-refractivity contribution < 1.29 is 4.79 Å². The van der Waals surface area contributed by atoms with Crippen LogP contribution in [0.3, 0.4) is 0 Å². The Morgan fingerprint density at radius 3 is 2.85 bits per heavy atom. The maximum absolute atomic E-state index is 11.9. The normalized spacial score (nSPS) is 11.1. The first-order valence-electron chi connectivity index (χ1n) is 8.51. The summed E-state index contributed by atoms with van der Waals surface area (Å²) in [6, 6.07) is 14.3. The SMILES string of the molecule is O=C(CSc1n[nH]c(/C=C/c2cccs2)n1)NCCCSc1ccccc1. The third-order valence-corrected chi connectivity index (χ3v) is 6.20. The molecule has 0 atom stereocenters. The van der Waals surface area contributed by atoms with Crippen molar-refractivity contribution in [2.45, 2.75) is 16.5 Å². The van der Waals surface area contributed by atoms with E-state index in [2.05, 4.69) is 32.6 Å². The molecule has 1 amide bonds. The Morgan fingerprint density at radius 1 is 1.15 bits per heavy atom. The van der Waals surface area contributed by atoms with Gasteiger partial charge in [0.1, 0.15) is 5.82 Å². The van der Waals surface area contributed by atoms with Crippen molar-refractivity contribution in [3.05, 3.63) is 58.5 Å². The zero-order valence-corrected chi connectivity index (χ0v) is 17.1. The van der Waals surface area contributed by atoms with Crippen LogP contribution in [0.4, 0.5) is 0 Å². The molecule has 8 heteroatoms. The molecule has 0 aliphatic rings. The Morgan fingerprint density at radius 2 is 2.04 bits per heavy atom. The van der Waals surface area contributed by atoms with E-state index in [1.165, 1.54) is 16.7 Å². The predicted molar refractivity (Wildman–Crippen MR) is 115 cm³/mol. The summed E-state index contributed by atoms with van der Waals surface area (Å²) >= 11 is 4.80. The lowest BCUT2D eigenvalue weighted by Crippen LogP contribution is -2.26. The maximum Gasteiger partial charge on any atom is 0.230 e. The number of aromatic amines is 1. The van der Waals surface area contributed by atoms with Crippen molar-refractivity contribution in [1.29, 1.82) is 0 Å². The number of hydrogen-bond acceptors (Lipinski definition) is 6. The fourth-order valence-corrected chi connectivity index (χ4v) is 4.26. The molecular weight excluding hydrogens is 396 g/mol. The number of carbonyl (C=O) groups is 1. The molecule has 0 fully saturated rings. The number of carbonyl (C=O) groups excluding carboxylic acids is 1. The molecule has 2 aromatic heterocycles. The minimum Gasteiger partial charge on any atom is -0.355 e. The Bertz CT molecular complexity index is 847. The first kappa shape index (κ1) is 19.7. The third kappa shape index (κ3) is 7.24. The van der Waals surface area contributed by atoms with E-state index in [0.717, 1.165) is 17.1 Å². The zero-order valence-electron chi connectivity index (χ0n) is 14.6. The highest BCUT2D eigenvalue weighted by Gasteiger charge is 2.06. The van der Waals surface area contributed by atoms with E-state index in [0.29, 0.717) is 23.3 Å². The van der Waals surface area contributed by atoms with E-state index in [1.54, 1.807) is 23.1 Å². The first-order chi connectivity index (χ1) is 13.3. The molecule has 3 rings (SSSR count). The second-order valence-electron chi connectivity index (χ2n) is 5.51. The number of nitrogens with zero attached hydrogens (tertiary/aromatic N) is 2. The molecule has 140 valence electrons. The van der Waals surface area contributed by atoms with Crippen LogP contribution in [0.1, 0.15) is 17.1 Å². The molecule has 0 radical (unpaired) electrons. The molecular formula is C19H20N4OS3. The maximum atomic E-state index is 11.9. The monoisotopic (exact) mass is 416 g/mol. The van der Waals surface area contributed by atoms with Crippen LogP contribution in [0, 0.1) is 0 Å². The van der Waals surface area contributed by atoms with E-state index < -0.39 is 0 Å². The molecule has 0 aliphatic carbocycles. The summed E-state index contributed by atoms with van der Waals surface area (Å²) in [6.07, 6.45) is 4.81. The van der Waals surface area contributed by atoms with E-state index in [9.17, 15) is 4.79 Å². The van der Waals surface area contributed by atoms with Gasteiger partial charge in [0, 0.05) is 16.3 Å². The summed E-state index contributed by atoms with van der Waals surface area (Å²) in [6.45, 7) is 0.683. The van der Waals surface area contributed by atoms with Crippen LogP contribution in [-0.4, -0.2) is 39.1 Å². The van der Waals surface area contributed by atoms with Crippen LogP contribution in [0.2, 0.25) is 0 Å². The number of rotatable bonds is 10. The quantitative estimate of drug-likeness (QED) is 0.378. The number of hydrogen-bond donors (Lipinski definition) is 2. The van der Waals surface area contributed by atoms with Crippen LogP contribution in [0.5, 0.6) is 0 Å². The molecule has 2 heterocycles.